The van der Waals surface area contributed by atoms with Crippen LogP contribution in [0.25, 0.3) is 6.08 Å². The Bertz CT molecular complexity index is 1080. The summed E-state index contributed by atoms with van der Waals surface area (Å²) in [6.45, 7) is 1.64. The molecule has 1 aliphatic carbocycles. The van der Waals surface area contributed by atoms with E-state index in [0.717, 1.165) is 42.1 Å². The summed E-state index contributed by atoms with van der Waals surface area (Å²) in [6, 6.07) is 18.7. The number of rotatable bonds is 4. The second kappa shape index (κ2) is 6.92. The lowest BCUT2D eigenvalue weighted by atomic mass is 9.68. The standard InChI is InChI=1S/C24H23N3O2/c1-29-19-10-5-9-18(15-19)24(17-7-3-2-4-8-17)12-11-20-21(16-24)25-26-22(20)23(28)27-13-6-14-27/h2-5,7-12,15H,6,13-14,16H2,1H3,(H,25,26). The summed E-state index contributed by atoms with van der Waals surface area (Å²) in [5.41, 5.74) is 4.42. The number of carbonyl (C=O) groups is 1. The van der Waals surface area contributed by atoms with E-state index in [2.05, 4.69) is 58.7 Å². The molecule has 2 aliphatic rings. The van der Waals surface area contributed by atoms with Gasteiger partial charge in [0.15, 0.2) is 5.69 Å². The molecule has 0 spiro atoms. The number of ether oxygens (including phenoxy) is 1. The Morgan fingerprint density at radius 3 is 2.62 bits per heavy atom. The molecule has 5 heteroatoms. The van der Waals surface area contributed by atoms with Gasteiger partial charge in [0.1, 0.15) is 5.75 Å². The third-order valence-electron chi connectivity index (χ3n) is 6.09. The number of hydrogen-bond acceptors (Lipinski definition) is 3. The monoisotopic (exact) mass is 385 g/mol. The van der Waals surface area contributed by atoms with Crippen molar-refractivity contribution < 1.29 is 9.53 Å². The van der Waals surface area contributed by atoms with Crippen molar-refractivity contribution in [2.24, 2.45) is 0 Å². The van der Waals surface area contributed by atoms with Crippen molar-refractivity contribution in [2.45, 2.75) is 18.3 Å². The van der Waals surface area contributed by atoms with E-state index in [4.69, 9.17) is 4.74 Å². The molecule has 0 radical (unpaired) electrons. The summed E-state index contributed by atoms with van der Waals surface area (Å²) in [4.78, 5) is 14.6. The van der Waals surface area contributed by atoms with Crippen LogP contribution in [0.15, 0.2) is 60.7 Å². The van der Waals surface area contributed by atoms with Gasteiger partial charge >= 0.3 is 0 Å². The molecule has 1 atom stereocenters. The van der Waals surface area contributed by atoms with Crippen molar-refractivity contribution in [2.75, 3.05) is 20.2 Å². The van der Waals surface area contributed by atoms with E-state index >= 15 is 0 Å². The maximum absolute atomic E-state index is 12.7. The van der Waals surface area contributed by atoms with E-state index in [1.54, 1.807) is 7.11 Å². The number of carbonyl (C=O) groups excluding carboxylic acids is 1. The Hall–Kier alpha value is -3.34. The predicted molar refractivity (Wildman–Crippen MR) is 112 cm³/mol. The molecule has 1 saturated heterocycles. The van der Waals surface area contributed by atoms with Crippen molar-refractivity contribution in [3.05, 3.63) is 88.8 Å². The largest absolute Gasteiger partial charge is 0.497 e. The molecule has 1 aliphatic heterocycles. The van der Waals surface area contributed by atoms with Gasteiger partial charge in [0.2, 0.25) is 0 Å². The number of aromatic amines is 1. The van der Waals surface area contributed by atoms with Crippen LogP contribution < -0.4 is 4.74 Å². The minimum absolute atomic E-state index is 0.0204. The summed E-state index contributed by atoms with van der Waals surface area (Å²) >= 11 is 0. The molecule has 5 rings (SSSR count). The molecule has 1 unspecified atom stereocenters. The summed E-state index contributed by atoms with van der Waals surface area (Å²) in [6.07, 6.45) is 6.04. The minimum Gasteiger partial charge on any atom is -0.497 e. The molecule has 0 bridgehead atoms. The Morgan fingerprint density at radius 1 is 1.10 bits per heavy atom. The highest BCUT2D eigenvalue weighted by molar-refractivity contribution is 5.97. The molecule has 1 N–H and O–H groups in total. The molecule has 5 nitrogen and oxygen atoms in total. The lowest BCUT2D eigenvalue weighted by molar-refractivity contribution is 0.0645. The van der Waals surface area contributed by atoms with Gasteiger partial charge in [0, 0.05) is 36.2 Å². The zero-order chi connectivity index (χ0) is 19.8. The fourth-order valence-corrected chi connectivity index (χ4v) is 4.30. The van der Waals surface area contributed by atoms with E-state index in [0.29, 0.717) is 12.1 Å². The zero-order valence-corrected chi connectivity index (χ0v) is 16.4. The first-order valence-electron chi connectivity index (χ1n) is 9.97. The number of benzene rings is 2. The number of H-pyrrole nitrogens is 1. The van der Waals surface area contributed by atoms with Gasteiger partial charge in [-0.25, -0.2) is 0 Å². The highest BCUT2D eigenvalue weighted by Crippen LogP contribution is 2.42. The summed E-state index contributed by atoms with van der Waals surface area (Å²) in [7, 11) is 1.69. The molecule has 2 heterocycles. The van der Waals surface area contributed by atoms with Crippen molar-refractivity contribution in [3.8, 4) is 5.75 Å². The molecular weight excluding hydrogens is 362 g/mol. The van der Waals surface area contributed by atoms with Gasteiger partial charge in [-0.15, -0.1) is 0 Å². The molecule has 2 aromatic carbocycles. The molecule has 29 heavy (non-hydrogen) atoms. The smallest absolute Gasteiger partial charge is 0.274 e. The summed E-state index contributed by atoms with van der Waals surface area (Å²) < 4.78 is 5.48. The van der Waals surface area contributed by atoms with Crippen LogP contribution in [0.4, 0.5) is 0 Å². The van der Waals surface area contributed by atoms with Crippen LogP contribution in [0.5, 0.6) is 5.75 Å². The van der Waals surface area contributed by atoms with E-state index in [-0.39, 0.29) is 11.3 Å². The van der Waals surface area contributed by atoms with Crippen LogP contribution in [-0.2, 0) is 11.8 Å². The predicted octanol–water partition coefficient (Wildman–Crippen LogP) is 3.82. The van der Waals surface area contributed by atoms with Gasteiger partial charge in [-0.3, -0.25) is 9.89 Å². The number of fused-ring (bicyclic) bond motifs is 1. The van der Waals surface area contributed by atoms with Crippen LogP contribution >= 0.6 is 0 Å². The van der Waals surface area contributed by atoms with Gasteiger partial charge in [0.25, 0.3) is 5.91 Å². The van der Waals surface area contributed by atoms with Crippen LogP contribution in [0.1, 0.15) is 39.3 Å². The van der Waals surface area contributed by atoms with Crippen molar-refractivity contribution in [1.29, 1.82) is 0 Å². The van der Waals surface area contributed by atoms with E-state index < -0.39 is 0 Å². The molecule has 3 aromatic rings. The highest BCUT2D eigenvalue weighted by Gasteiger charge is 2.38. The van der Waals surface area contributed by atoms with Gasteiger partial charge in [0.05, 0.1) is 7.11 Å². The number of methoxy groups -OCH3 is 1. The Kier molecular flexibility index (Phi) is 4.23. The van der Waals surface area contributed by atoms with Crippen LogP contribution in [0.3, 0.4) is 0 Å². The van der Waals surface area contributed by atoms with Gasteiger partial charge in [-0.1, -0.05) is 54.6 Å². The lowest BCUT2D eigenvalue weighted by Gasteiger charge is -2.35. The normalized spacial score (nSPS) is 20.1. The second-order valence-corrected chi connectivity index (χ2v) is 7.69. The first-order valence-corrected chi connectivity index (χ1v) is 9.97. The fraction of sp³-hybridized carbons (Fsp3) is 0.250. The number of hydrogen-bond donors (Lipinski definition) is 1. The average molecular weight is 385 g/mol. The Balaban J connectivity index is 1.61. The lowest BCUT2D eigenvalue weighted by Crippen LogP contribution is -2.42. The van der Waals surface area contributed by atoms with E-state index in [1.165, 1.54) is 5.56 Å². The number of nitrogens with one attached hydrogen (secondary N) is 1. The quantitative estimate of drug-likeness (QED) is 0.743. The highest BCUT2D eigenvalue weighted by atomic mass is 16.5. The van der Waals surface area contributed by atoms with Crippen LogP contribution in [0.2, 0.25) is 0 Å². The summed E-state index contributed by atoms with van der Waals surface area (Å²) in [5.74, 6) is 0.849. The number of nitrogens with zero attached hydrogens (tertiary/aromatic N) is 2. The first kappa shape index (κ1) is 17.7. The summed E-state index contributed by atoms with van der Waals surface area (Å²) in [5, 5.41) is 7.55. The molecule has 1 aromatic heterocycles. The van der Waals surface area contributed by atoms with E-state index in [9.17, 15) is 4.79 Å². The Morgan fingerprint density at radius 2 is 1.90 bits per heavy atom. The van der Waals surface area contributed by atoms with Crippen molar-refractivity contribution >= 4 is 12.0 Å². The maximum atomic E-state index is 12.7. The molecule has 1 amide bonds. The van der Waals surface area contributed by atoms with E-state index in [1.807, 2.05) is 23.1 Å². The van der Waals surface area contributed by atoms with Gasteiger partial charge in [-0.05, 0) is 29.7 Å². The molecule has 0 saturated carbocycles. The minimum atomic E-state index is -0.355. The average Bonchev–Trinajstić information content (AvgIpc) is 3.16. The molecule has 1 fully saturated rings. The maximum Gasteiger partial charge on any atom is 0.274 e. The van der Waals surface area contributed by atoms with Gasteiger partial charge < -0.3 is 9.64 Å². The molecule has 146 valence electrons. The zero-order valence-electron chi connectivity index (χ0n) is 16.4. The number of amides is 1. The van der Waals surface area contributed by atoms with Crippen LogP contribution in [0, 0.1) is 0 Å². The number of likely N-dealkylation sites (tertiary alicyclic amines) is 1. The van der Waals surface area contributed by atoms with Crippen molar-refractivity contribution in [1.82, 2.24) is 15.1 Å². The van der Waals surface area contributed by atoms with Gasteiger partial charge in [-0.2, -0.15) is 5.10 Å². The number of allylic oxidation sites excluding steroid dienone is 1. The Labute approximate surface area is 170 Å². The fourth-order valence-electron chi connectivity index (χ4n) is 4.30. The van der Waals surface area contributed by atoms with Crippen LogP contribution in [-0.4, -0.2) is 41.2 Å². The third kappa shape index (κ3) is 2.85. The first-order chi connectivity index (χ1) is 14.2. The third-order valence-corrected chi connectivity index (χ3v) is 6.09. The van der Waals surface area contributed by atoms with Crippen molar-refractivity contribution in [3.63, 3.8) is 0 Å². The second-order valence-electron chi connectivity index (χ2n) is 7.69. The number of aromatic nitrogens is 2. The topological polar surface area (TPSA) is 58.2 Å². The molecular formula is C24H23N3O2. The SMILES string of the molecule is COc1cccc(C2(c3ccccc3)C=Cc3c(C(=O)N4CCC4)n[nH]c3C2)c1.